The zero-order valence-electron chi connectivity index (χ0n) is 12.3. The lowest BCUT2D eigenvalue weighted by molar-refractivity contribution is 0.380. The molecule has 1 unspecified atom stereocenters. The van der Waals surface area contributed by atoms with E-state index in [9.17, 15) is 0 Å². The van der Waals surface area contributed by atoms with E-state index in [2.05, 4.69) is 10.2 Å². The predicted octanol–water partition coefficient (Wildman–Crippen LogP) is 0.855. The van der Waals surface area contributed by atoms with Gasteiger partial charge in [0.1, 0.15) is 11.5 Å². The highest BCUT2D eigenvalue weighted by molar-refractivity contribution is 5.40. The Hall–Kier alpha value is -1.30. The molecule has 1 aromatic rings. The van der Waals surface area contributed by atoms with Crippen molar-refractivity contribution in [1.82, 2.24) is 10.2 Å². The molecule has 0 saturated carbocycles. The molecule has 0 aliphatic carbocycles. The zero-order valence-corrected chi connectivity index (χ0v) is 12.3. The minimum absolute atomic E-state index is 0.101. The number of hydrogen-bond donors (Lipinski definition) is 2. The summed E-state index contributed by atoms with van der Waals surface area (Å²) in [4.78, 5) is 2.13. The molecular weight excluding hydrogens is 242 g/mol. The van der Waals surface area contributed by atoms with E-state index in [1.54, 1.807) is 14.2 Å². The Balaban J connectivity index is 2.78. The minimum Gasteiger partial charge on any atom is -0.497 e. The number of hydrogen-bond acceptors (Lipinski definition) is 5. The fourth-order valence-electron chi connectivity index (χ4n) is 1.83. The summed E-state index contributed by atoms with van der Waals surface area (Å²) >= 11 is 0. The van der Waals surface area contributed by atoms with Crippen molar-refractivity contribution >= 4 is 0 Å². The smallest absolute Gasteiger partial charge is 0.122 e. The quantitative estimate of drug-likeness (QED) is 0.731. The second kappa shape index (κ2) is 7.99. The van der Waals surface area contributed by atoms with E-state index in [4.69, 9.17) is 15.2 Å². The first-order valence-electron chi connectivity index (χ1n) is 6.41. The van der Waals surface area contributed by atoms with Gasteiger partial charge in [-0.2, -0.15) is 0 Å². The Labute approximate surface area is 115 Å². The van der Waals surface area contributed by atoms with Crippen molar-refractivity contribution in [1.29, 1.82) is 0 Å². The van der Waals surface area contributed by atoms with Crippen LogP contribution in [0.3, 0.4) is 0 Å². The molecule has 1 rings (SSSR count). The number of nitrogens with two attached hydrogens (primary N) is 1. The number of ether oxygens (including phenoxy) is 2. The van der Waals surface area contributed by atoms with Crippen LogP contribution < -0.4 is 20.5 Å². The lowest BCUT2D eigenvalue weighted by Crippen LogP contribution is -2.33. The van der Waals surface area contributed by atoms with Gasteiger partial charge >= 0.3 is 0 Å². The van der Waals surface area contributed by atoms with Crippen molar-refractivity contribution in [3.8, 4) is 11.5 Å². The van der Waals surface area contributed by atoms with Gasteiger partial charge in [-0.1, -0.05) is 0 Å². The first kappa shape index (κ1) is 15.8. The Morgan fingerprint density at radius 1 is 1.16 bits per heavy atom. The number of methoxy groups -OCH3 is 2. The summed E-state index contributed by atoms with van der Waals surface area (Å²) in [5.74, 6) is 1.56. The van der Waals surface area contributed by atoms with E-state index in [1.807, 2.05) is 32.3 Å². The van der Waals surface area contributed by atoms with E-state index >= 15 is 0 Å². The molecule has 3 N–H and O–H groups in total. The predicted molar refractivity (Wildman–Crippen MR) is 77.9 cm³/mol. The van der Waals surface area contributed by atoms with Crippen molar-refractivity contribution < 1.29 is 9.47 Å². The highest BCUT2D eigenvalue weighted by atomic mass is 16.5. The fourth-order valence-corrected chi connectivity index (χ4v) is 1.83. The number of nitrogens with zero attached hydrogens (tertiary/aromatic N) is 1. The first-order valence-corrected chi connectivity index (χ1v) is 6.41. The standard InChI is InChI=1S/C14H25N3O2/c1-17(2)6-5-16-14(10-15)11-7-12(18-3)9-13(8-11)19-4/h7-9,14,16H,5-6,10,15H2,1-4H3. The highest BCUT2D eigenvalue weighted by Gasteiger charge is 2.12. The van der Waals surface area contributed by atoms with E-state index < -0.39 is 0 Å². The lowest BCUT2D eigenvalue weighted by atomic mass is 10.1. The monoisotopic (exact) mass is 267 g/mol. The van der Waals surface area contributed by atoms with Crippen LogP contribution in [0.15, 0.2) is 18.2 Å². The SMILES string of the molecule is COc1cc(OC)cc(C(CN)NCCN(C)C)c1. The van der Waals surface area contributed by atoms with Crippen molar-refractivity contribution in [3.05, 3.63) is 23.8 Å². The molecule has 5 nitrogen and oxygen atoms in total. The molecule has 0 bridgehead atoms. The molecule has 1 atom stereocenters. The van der Waals surface area contributed by atoms with Gasteiger partial charge in [0.25, 0.3) is 0 Å². The van der Waals surface area contributed by atoms with Gasteiger partial charge in [0.15, 0.2) is 0 Å². The van der Waals surface area contributed by atoms with Crippen LogP contribution in [0.4, 0.5) is 0 Å². The van der Waals surface area contributed by atoms with Crippen molar-refractivity contribution in [2.24, 2.45) is 5.73 Å². The molecule has 0 aliphatic rings. The topological polar surface area (TPSA) is 59.8 Å². The van der Waals surface area contributed by atoms with Crippen LogP contribution in [0.2, 0.25) is 0 Å². The van der Waals surface area contributed by atoms with Gasteiger partial charge in [-0.05, 0) is 31.8 Å². The van der Waals surface area contributed by atoms with Gasteiger partial charge in [0.2, 0.25) is 0 Å². The van der Waals surface area contributed by atoms with E-state index in [0.717, 1.165) is 30.2 Å². The molecular formula is C14H25N3O2. The van der Waals surface area contributed by atoms with Gasteiger partial charge in [0.05, 0.1) is 14.2 Å². The van der Waals surface area contributed by atoms with Crippen LogP contribution in [0.25, 0.3) is 0 Å². The molecule has 0 heterocycles. The average Bonchev–Trinajstić information content (AvgIpc) is 2.42. The van der Waals surface area contributed by atoms with Gasteiger partial charge in [-0.25, -0.2) is 0 Å². The second-order valence-corrected chi connectivity index (χ2v) is 4.69. The molecule has 0 radical (unpaired) electrons. The number of benzene rings is 1. The van der Waals surface area contributed by atoms with Crippen LogP contribution in [0, 0.1) is 0 Å². The molecule has 108 valence electrons. The fraction of sp³-hybridized carbons (Fsp3) is 0.571. The van der Waals surface area contributed by atoms with Crippen LogP contribution in [-0.4, -0.2) is 52.8 Å². The van der Waals surface area contributed by atoms with Gasteiger partial charge in [0, 0.05) is 31.7 Å². The number of nitrogens with one attached hydrogen (secondary N) is 1. The molecule has 19 heavy (non-hydrogen) atoms. The van der Waals surface area contributed by atoms with Crippen LogP contribution >= 0.6 is 0 Å². The Morgan fingerprint density at radius 2 is 1.74 bits per heavy atom. The Bertz CT molecular complexity index is 361. The van der Waals surface area contributed by atoms with Gasteiger partial charge < -0.3 is 25.4 Å². The number of likely N-dealkylation sites (N-methyl/N-ethyl adjacent to an activating group) is 1. The third-order valence-electron chi connectivity index (χ3n) is 2.96. The van der Waals surface area contributed by atoms with Gasteiger partial charge in [-0.15, -0.1) is 0 Å². The Kier molecular flexibility index (Phi) is 6.62. The maximum Gasteiger partial charge on any atom is 0.122 e. The first-order chi connectivity index (χ1) is 9.10. The minimum atomic E-state index is 0.101. The maximum atomic E-state index is 5.85. The number of rotatable bonds is 8. The van der Waals surface area contributed by atoms with E-state index in [0.29, 0.717) is 6.54 Å². The van der Waals surface area contributed by atoms with Crippen molar-refractivity contribution in [3.63, 3.8) is 0 Å². The molecule has 5 heteroatoms. The van der Waals surface area contributed by atoms with Crippen LogP contribution in [0.1, 0.15) is 11.6 Å². The summed E-state index contributed by atoms with van der Waals surface area (Å²) in [6.07, 6.45) is 0. The molecule has 1 aromatic carbocycles. The summed E-state index contributed by atoms with van der Waals surface area (Å²) in [6.45, 7) is 2.38. The lowest BCUT2D eigenvalue weighted by Gasteiger charge is -2.20. The average molecular weight is 267 g/mol. The largest absolute Gasteiger partial charge is 0.497 e. The third-order valence-corrected chi connectivity index (χ3v) is 2.96. The summed E-state index contributed by atoms with van der Waals surface area (Å²) in [6, 6.07) is 5.94. The van der Waals surface area contributed by atoms with Crippen molar-refractivity contribution in [2.45, 2.75) is 6.04 Å². The van der Waals surface area contributed by atoms with Crippen LogP contribution in [-0.2, 0) is 0 Å². The molecule has 0 aromatic heterocycles. The summed E-state index contributed by atoms with van der Waals surface area (Å²) in [7, 11) is 7.40. The molecule has 0 fully saturated rings. The zero-order chi connectivity index (χ0) is 14.3. The third kappa shape index (κ3) is 5.06. The molecule has 0 saturated heterocycles. The maximum absolute atomic E-state index is 5.85. The Morgan fingerprint density at radius 3 is 2.16 bits per heavy atom. The van der Waals surface area contributed by atoms with Gasteiger partial charge in [-0.3, -0.25) is 0 Å². The summed E-state index contributed by atoms with van der Waals surface area (Å²) in [5.41, 5.74) is 6.93. The van der Waals surface area contributed by atoms with Crippen LogP contribution in [0.5, 0.6) is 11.5 Å². The highest BCUT2D eigenvalue weighted by Crippen LogP contribution is 2.26. The van der Waals surface area contributed by atoms with Crippen molar-refractivity contribution in [2.75, 3.05) is 47.9 Å². The molecule has 0 aliphatic heterocycles. The summed E-state index contributed by atoms with van der Waals surface area (Å²) in [5, 5.41) is 3.44. The molecule has 0 spiro atoms. The second-order valence-electron chi connectivity index (χ2n) is 4.69. The molecule has 0 amide bonds. The normalized spacial score (nSPS) is 12.5. The van der Waals surface area contributed by atoms with E-state index in [-0.39, 0.29) is 6.04 Å². The van der Waals surface area contributed by atoms with E-state index in [1.165, 1.54) is 0 Å². The summed E-state index contributed by atoms with van der Waals surface area (Å²) < 4.78 is 10.6.